The van der Waals surface area contributed by atoms with Crippen LogP contribution < -0.4 is 10.6 Å². The number of likely N-dealkylation sites (N-methyl/N-ethyl adjacent to an activating group) is 2. The van der Waals surface area contributed by atoms with Crippen LogP contribution in [0.3, 0.4) is 0 Å². The zero-order valence-corrected chi connectivity index (χ0v) is 10.4. The summed E-state index contributed by atoms with van der Waals surface area (Å²) in [4.78, 5) is 0. The van der Waals surface area contributed by atoms with E-state index in [1.54, 1.807) is 0 Å². The molecular formula is C13H22N2. The molecule has 0 aromatic heterocycles. The minimum atomic E-state index is 0.0442. The van der Waals surface area contributed by atoms with E-state index >= 15 is 0 Å². The molecule has 1 aromatic rings. The second kappa shape index (κ2) is 4.77. The highest BCUT2D eigenvalue weighted by Crippen LogP contribution is 2.25. The molecule has 0 saturated heterocycles. The van der Waals surface area contributed by atoms with Crippen LogP contribution in [0, 0.1) is 6.92 Å². The Bertz CT molecular complexity index is 318. The molecule has 0 fully saturated rings. The van der Waals surface area contributed by atoms with Crippen LogP contribution in [0.15, 0.2) is 24.3 Å². The predicted octanol–water partition coefficient (Wildman–Crippen LogP) is 2.25. The van der Waals surface area contributed by atoms with E-state index in [-0.39, 0.29) is 5.54 Å². The number of hydrogen-bond acceptors (Lipinski definition) is 2. The molecule has 1 rings (SSSR count). The first-order valence-electron chi connectivity index (χ1n) is 5.44. The van der Waals surface area contributed by atoms with Gasteiger partial charge in [0.1, 0.15) is 0 Å². The fourth-order valence-corrected chi connectivity index (χ4v) is 1.94. The number of nitrogens with one attached hydrogen (secondary N) is 2. The highest BCUT2D eigenvalue weighted by atomic mass is 15.0. The summed E-state index contributed by atoms with van der Waals surface area (Å²) in [6, 6.07) is 8.97. The van der Waals surface area contributed by atoms with Gasteiger partial charge in [-0.1, -0.05) is 29.8 Å². The molecule has 1 aromatic carbocycles. The third-order valence-electron chi connectivity index (χ3n) is 3.03. The van der Waals surface area contributed by atoms with Gasteiger partial charge < -0.3 is 10.6 Å². The van der Waals surface area contributed by atoms with Crippen LogP contribution in [0.5, 0.6) is 0 Å². The van der Waals surface area contributed by atoms with Gasteiger partial charge in [-0.3, -0.25) is 0 Å². The van der Waals surface area contributed by atoms with Crippen molar-refractivity contribution in [3.05, 3.63) is 35.4 Å². The zero-order valence-electron chi connectivity index (χ0n) is 10.4. The van der Waals surface area contributed by atoms with E-state index in [4.69, 9.17) is 0 Å². The van der Waals surface area contributed by atoms with E-state index in [0.29, 0.717) is 6.04 Å². The zero-order chi connectivity index (χ0) is 11.5. The van der Waals surface area contributed by atoms with Crippen LogP contribution >= 0.6 is 0 Å². The lowest BCUT2D eigenvalue weighted by molar-refractivity contribution is 0.311. The summed E-state index contributed by atoms with van der Waals surface area (Å²) in [5.74, 6) is 0. The molecule has 0 bridgehead atoms. The minimum Gasteiger partial charge on any atom is -0.313 e. The van der Waals surface area contributed by atoms with Gasteiger partial charge in [0.2, 0.25) is 0 Å². The lowest BCUT2D eigenvalue weighted by atomic mass is 9.88. The molecule has 2 N–H and O–H groups in total. The van der Waals surface area contributed by atoms with Crippen molar-refractivity contribution in [2.24, 2.45) is 0 Å². The Labute approximate surface area is 93.1 Å². The third kappa shape index (κ3) is 2.80. The molecule has 0 aliphatic heterocycles. The maximum atomic E-state index is 3.37. The van der Waals surface area contributed by atoms with E-state index in [9.17, 15) is 0 Å². The monoisotopic (exact) mass is 206 g/mol. The van der Waals surface area contributed by atoms with Crippen LogP contribution in [0.4, 0.5) is 0 Å². The van der Waals surface area contributed by atoms with Gasteiger partial charge in [-0.25, -0.2) is 0 Å². The van der Waals surface area contributed by atoms with E-state index in [1.165, 1.54) is 11.1 Å². The summed E-state index contributed by atoms with van der Waals surface area (Å²) >= 11 is 0. The molecule has 0 heterocycles. The van der Waals surface area contributed by atoms with Crippen molar-refractivity contribution < 1.29 is 0 Å². The Morgan fingerprint density at radius 2 is 1.87 bits per heavy atom. The first kappa shape index (κ1) is 12.2. The Morgan fingerprint density at radius 3 is 2.33 bits per heavy atom. The number of benzene rings is 1. The van der Waals surface area contributed by atoms with Crippen molar-refractivity contribution in [3.8, 4) is 0 Å². The number of rotatable bonds is 4. The molecule has 84 valence electrons. The molecule has 0 amide bonds. The van der Waals surface area contributed by atoms with Crippen LogP contribution in [0.1, 0.15) is 31.0 Å². The van der Waals surface area contributed by atoms with Gasteiger partial charge in [-0.2, -0.15) is 0 Å². The van der Waals surface area contributed by atoms with Crippen molar-refractivity contribution >= 4 is 0 Å². The van der Waals surface area contributed by atoms with Crippen LogP contribution in [0.2, 0.25) is 0 Å². The first-order chi connectivity index (χ1) is 7.01. The second-order valence-electron chi connectivity index (χ2n) is 4.61. The van der Waals surface area contributed by atoms with Gasteiger partial charge in [-0.05, 0) is 40.4 Å². The van der Waals surface area contributed by atoms with Crippen LogP contribution in [0.25, 0.3) is 0 Å². The lowest BCUT2D eigenvalue weighted by Crippen LogP contribution is -2.47. The van der Waals surface area contributed by atoms with Crippen molar-refractivity contribution in [2.75, 3.05) is 14.1 Å². The average Bonchev–Trinajstić information content (AvgIpc) is 2.18. The van der Waals surface area contributed by atoms with Crippen molar-refractivity contribution in [1.29, 1.82) is 0 Å². The maximum Gasteiger partial charge on any atom is 0.0497 e. The lowest BCUT2D eigenvalue weighted by Gasteiger charge is -2.34. The molecule has 2 heteroatoms. The normalized spacial score (nSPS) is 13.9. The molecule has 2 nitrogen and oxygen atoms in total. The molecular weight excluding hydrogens is 184 g/mol. The van der Waals surface area contributed by atoms with Gasteiger partial charge in [0.25, 0.3) is 0 Å². The van der Waals surface area contributed by atoms with Crippen molar-refractivity contribution in [3.63, 3.8) is 0 Å². The summed E-state index contributed by atoms with van der Waals surface area (Å²) in [7, 11) is 4.01. The fraction of sp³-hybridized carbons (Fsp3) is 0.538. The van der Waals surface area contributed by atoms with Crippen LogP contribution in [-0.2, 0) is 0 Å². The highest BCUT2D eigenvalue weighted by molar-refractivity contribution is 5.27. The first-order valence-corrected chi connectivity index (χ1v) is 5.44. The molecule has 0 aliphatic rings. The predicted molar refractivity (Wildman–Crippen MR) is 66.1 cm³/mol. The average molecular weight is 206 g/mol. The Morgan fingerprint density at radius 1 is 1.20 bits per heavy atom. The SMILES string of the molecule is CNC(c1cccc(C)c1)C(C)(C)NC. The van der Waals surface area contributed by atoms with E-state index in [0.717, 1.165) is 0 Å². The Hall–Kier alpha value is -0.860. The van der Waals surface area contributed by atoms with Gasteiger partial charge >= 0.3 is 0 Å². The number of hydrogen-bond donors (Lipinski definition) is 2. The topological polar surface area (TPSA) is 24.1 Å². The van der Waals surface area contributed by atoms with Gasteiger partial charge in [0.05, 0.1) is 0 Å². The second-order valence-corrected chi connectivity index (χ2v) is 4.61. The van der Waals surface area contributed by atoms with Gasteiger partial charge in [0.15, 0.2) is 0 Å². The summed E-state index contributed by atoms with van der Waals surface area (Å²) < 4.78 is 0. The van der Waals surface area contributed by atoms with E-state index in [2.05, 4.69) is 55.7 Å². The standard InChI is InChI=1S/C13H22N2/c1-10-7-6-8-11(9-10)12(14-4)13(2,3)15-5/h6-9,12,14-15H,1-5H3. The van der Waals surface area contributed by atoms with Gasteiger partial charge in [-0.15, -0.1) is 0 Å². The number of aryl methyl sites for hydroxylation is 1. The Balaban J connectivity index is 3.02. The van der Waals surface area contributed by atoms with Crippen molar-refractivity contribution in [2.45, 2.75) is 32.4 Å². The fourth-order valence-electron chi connectivity index (χ4n) is 1.94. The molecule has 0 aliphatic carbocycles. The smallest absolute Gasteiger partial charge is 0.0497 e. The minimum absolute atomic E-state index is 0.0442. The summed E-state index contributed by atoms with van der Waals surface area (Å²) in [6.07, 6.45) is 0. The summed E-state index contributed by atoms with van der Waals surface area (Å²) in [6.45, 7) is 6.54. The summed E-state index contributed by atoms with van der Waals surface area (Å²) in [5.41, 5.74) is 2.68. The third-order valence-corrected chi connectivity index (χ3v) is 3.03. The highest BCUT2D eigenvalue weighted by Gasteiger charge is 2.27. The summed E-state index contributed by atoms with van der Waals surface area (Å²) in [5, 5.41) is 6.72. The Kier molecular flexibility index (Phi) is 3.89. The van der Waals surface area contributed by atoms with E-state index < -0.39 is 0 Å². The molecule has 0 saturated carbocycles. The molecule has 15 heavy (non-hydrogen) atoms. The van der Waals surface area contributed by atoms with E-state index in [1.807, 2.05) is 14.1 Å². The molecule has 1 atom stereocenters. The van der Waals surface area contributed by atoms with Crippen molar-refractivity contribution in [1.82, 2.24) is 10.6 Å². The largest absolute Gasteiger partial charge is 0.313 e. The van der Waals surface area contributed by atoms with Crippen LogP contribution in [-0.4, -0.2) is 19.6 Å². The molecule has 1 unspecified atom stereocenters. The maximum absolute atomic E-state index is 3.37. The quantitative estimate of drug-likeness (QED) is 0.789. The molecule has 0 radical (unpaired) electrons. The molecule has 0 spiro atoms. The van der Waals surface area contributed by atoms with Gasteiger partial charge in [0, 0.05) is 11.6 Å².